The standard InChI is InChI=1S/C9H5F3N2O/c10-9(11,12)7-3-1-6(2-4-7)8(15)5-14-13/h1-5H. The summed E-state index contributed by atoms with van der Waals surface area (Å²) in [6.45, 7) is 0. The van der Waals surface area contributed by atoms with Crippen molar-refractivity contribution in [3.63, 3.8) is 0 Å². The smallest absolute Gasteiger partial charge is 0.361 e. The molecule has 0 aliphatic heterocycles. The summed E-state index contributed by atoms with van der Waals surface area (Å²) in [6.07, 6.45) is -3.81. The molecule has 0 atom stereocenters. The minimum atomic E-state index is -4.42. The Morgan fingerprint density at radius 3 is 2.20 bits per heavy atom. The van der Waals surface area contributed by atoms with Gasteiger partial charge in [0.1, 0.15) is 0 Å². The van der Waals surface area contributed by atoms with Gasteiger partial charge in [0.2, 0.25) is 0 Å². The fourth-order valence-electron chi connectivity index (χ4n) is 0.950. The predicted octanol–water partition coefficient (Wildman–Crippen LogP) is 2.19. The number of carbonyl (C=O) groups excluding carboxylic acids is 1. The van der Waals surface area contributed by atoms with Crippen LogP contribution in [0.2, 0.25) is 0 Å². The van der Waals surface area contributed by atoms with E-state index < -0.39 is 17.5 Å². The summed E-state index contributed by atoms with van der Waals surface area (Å²) in [5.74, 6) is -0.661. The summed E-state index contributed by atoms with van der Waals surface area (Å²) in [5, 5.41) is 0. The highest BCUT2D eigenvalue weighted by molar-refractivity contribution is 6.33. The molecular weight excluding hydrogens is 209 g/mol. The maximum Gasteiger partial charge on any atom is 0.416 e. The van der Waals surface area contributed by atoms with Crippen molar-refractivity contribution >= 4 is 12.0 Å². The summed E-state index contributed by atoms with van der Waals surface area (Å²) < 4.78 is 36.4. The maximum atomic E-state index is 12.1. The third-order valence-corrected chi connectivity index (χ3v) is 1.67. The molecule has 0 saturated carbocycles. The van der Waals surface area contributed by atoms with Gasteiger partial charge in [-0.15, -0.1) is 0 Å². The highest BCUT2D eigenvalue weighted by Crippen LogP contribution is 2.28. The van der Waals surface area contributed by atoms with E-state index in [0.717, 1.165) is 24.3 Å². The van der Waals surface area contributed by atoms with E-state index in [1.165, 1.54) is 0 Å². The molecule has 15 heavy (non-hydrogen) atoms. The van der Waals surface area contributed by atoms with Crippen LogP contribution < -0.4 is 0 Å². The zero-order chi connectivity index (χ0) is 11.5. The van der Waals surface area contributed by atoms with Gasteiger partial charge in [-0.2, -0.15) is 18.0 Å². The molecule has 0 bridgehead atoms. The summed E-state index contributed by atoms with van der Waals surface area (Å²) in [4.78, 5) is 13.5. The molecule has 3 nitrogen and oxygen atoms in total. The van der Waals surface area contributed by atoms with E-state index in [1.807, 2.05) is 0 Å². The summed E-state index contributed by atoms with van der Waals surface area (Å²) in [5.41, 5.74) is 7.25. The Bertz CT molecular complexity index is 416. The summed E-state index contributed by atoms with van der Waals surface area (Å²) in [7, 11) is 0. The number of ketones is 1. The first-order valence-corrected chi connectivity index (χ1v) is 3.84. The van der Waals surface area contributed by atoms with Crippen LogP contribution in [0.3, 0.4) is 0 Å². The number of carbonyl (C=O) groups is 1. The molecule has 0 unspecified atom stereocenters. The van der Waals surface area contributed by atoms with Crippen LogP contribution in [0.15, 0.2) is 24.3 Å². The van der Waals surface area contributed by atoms with Crippen molar-refractivity contribution in [2.24, 2.45) is 0 Å². The average Bonchev–Trinajstić information content (AvgIpc) is 2.17. The lowest BCUT2D eigenvalue weighted by molar-refractivity contribution is -0.137. The van der Waals surface area contributed by atoms with Crippen LogP contribution in [0, 0.1) is 0 Å². The molecule has 0 aliphatic rings. The Morgan fingerprint density at radius 1 is 1.27 bits per heavy atom. The summed E-state index contributed by atoms with van der Waals surface area (Å²) in [6, 6.07) is 3.62. The Balaban J connectivity index is 3.00. The highest BCUT2D eigenvalue weighted by atomic mass is 19.4. The lowest BCUT2D eigenvalue weighted by Crippen LogP contribution is -2.06. The van der Waals surface area contributed by atoms with Crippen molar-refractivity contribution in [1.29, 1.82) is 0 Å². The first-order valence-electron chi connectivity index (χ1n) is 3.84. The molecule has 1 aromatic carbocycles. The molecule has 1 rings (SSSR count). The van der Waals surface area contributed by atoms with Crippen molar-refractivity contribution in [2.45, 2.75) is 6.18 Å². The van der Waals surface area contributed by atoms with Crippen molar-refractivity contribution in [3.8, 4) is 0 Å². The number of halogens is 3. The van der Waals surface area contributed by atoms with Crippen LogP contribution in [-0.4, -0.2) is 16.8 Å². The highest BCUT2D eigenvalue weighted by Gasteiger charge is 2.30. The number of benzene rings is 1. The van der Waals surface area contributed by atoms with E-state index >= 15 is 0 Å². The Labute approximate surface area is 82.8 Å². The molecule has 0 fully saturated rings. The van der Waals surface area contributed by atoms with Gasteiger partial charge in [-0.25, -0.2) is 0 Å². The Morgan fingerprint density at radius 2 is 1.80 bits per heavy atom. The van der Waals surface area contributed by atoms with Gasteiger partial charge in [0.25, 0.3) is 5.78 Å². The SMILES string of the molecule is [N-]=[N+]=CC(=O)c1ccc(C(F)(F)F)cc1. The molecule has 0 aromatic heterocycles. The molecule has 0 amide bonds. The van der Waals surface area contributed by atoms with Gasteiger partial charge in [0.15, 0.2) is 0 Å². The molecule has 0 spiro atoms. The van der Waals surface area contributed by atoms with Gasteiger partial charge in [-0.3, -0.25) is 4.79 Å². The molecule has 0 radical (unpaired) electrons. The second kappa shape index (κ2) is 4.06. The van der Waals surface area contributed by atoms with Crippen LogP contribution >= 0.6 is 0 Å². The third-order valence-electron chi connectivity index (χ3n) is 1.67. The normalized spacial score (nSPS) is 10.6. The number of Topliss-reactive ketones (excluding diaryl/α,β-unsaturated/α-hetero) is 1. The van der Waals surface area contributed by atoms with Crippen LogP contribution in [-0.2, 0) is 6.18 Å². The minimum absolute atomic E-state index is 0.0285. The van der Waals surface area contributed by atoms with E-state index in [2.05, 4.69) is 4.79 Å². The second-order valence-electron chi connectivity index (χ2n) is 2.68. The number of nitrogens with zero attached hydrogens (tertiary/aromatic N) is 2. The minimum Gasteiger partial charge on any atom is -0.361 e. The predicted molar refractivity (Wildman–Crippen MR) is 45.5 cm³/mol. The van der Waals surface area contributed by atoms with E-state index in [1.54, 1.807) is 0 Å². The number of rotatable bonds is 2. The average molecular weight is 214 g/mol. The fourth-order valence-corrected chi connectivity index (χ4v) is 0.950. The first-order chi connectivity index (χ1) is 6.95. The molecule has 6 heteroatoms. The van der Waals surface area contributed by atoms with Crippen LogP contribution in [0.25, 0.3) is 5.53 Å². The van der Waals surface area contributed by atoms with Gasteiger partial charge >= 0.3 is 12.4 Å². The lowest BCUT2D eigenvalue weighted by Gasteiger charge is -2.05. The van der Waals surface area contributed by atoms with Crippen LogP contribution in [0.1, 0.15) is 15.9 Å². The second-order valence-corrected chi connectivity index (χ2v) is 2.68. The molecule has 78 valence electrons. The number of hydrogen-bond acceptors (Lipinski definition) is 1. The zero-order valence-electron chi connectivity index (χ0n) is 7.32. The molecule has 0 N–H and O–H groups in total. The first kappa shape index (κ1) is 11.1. The van der Waals surface area contributed by atoms with Gasteiger partial charge in [-0.1, -0.05) is 12.1 Å². The third kappa shape index (κ3) is 2.75. The van der Waals surface area contributed by atoms with Crippen molar-refractivity contribution in [2.75, 3.05) is 0 Å². The van der Waals surface area contributed by atoms with Crippen LogP contribution in [0.4, 0.5) is 13.2 Å². The molecule has 0 heterocycles. The molecule has 1 aromatic rings. The van der Waals surface area contributed by atoms with E-state index in [4.69, 9.17) is 5.53 Å². The Hall–Kier alpha value is -1.94. The summed E-state index contributed by atoms with van der Waals surface area (Å²) >= 11 is 0. The topological polar surface area (TPSA) is 53.5 Å². The lowest BCUT2D eigenvalue weighted by atomic mass is 10.1. The van der Waals surface area contributed by atoms with E-state index in [0.29, 0.717) is 6.21 Å². The van der Waals surface area contributed by atoms with Crippen LogP contribution in [0.5, 0.6) is 0 Å². The zero-order valence-corrected chi connectivity index (χ0v) is 7.32. The van der Waals surface area contributed by atoms with E-state index in [-0.39, 0.29) is 5.56 Å². The molecule has 0 saturated heterocycles. The van der Waals surface area contributed by atoms with Gasteiger partial charge in [0, 0.05) is 5.56 Å². The number of hydrogen-bond donors (Lipinski definition) is 0. The fraction of sp³-hybridized carbons (Fsp3) is 0.111. The van der Waals surface area contributed by atoms with Crippen molar-refractivity contribution in [1.82, 2.24) is 0 Å². The monoisotopic (exact) mass is 214 g/mol. The quantitative estimate of drug-likeness (QED) is 0.322. The van der Waals surface area contributed by atoms with E-state index in [9.17, 15) is 18.0 Å². The molecule has 0 aliphatic carbocycles. The number of alkyl halides is 3. The largest absolute Gasteiger partial charge is 0.416 e. The maximum absolute atomic E-state index is 12.1. The molecular formula is C9H5F3N2O. The van der Waals surface area contributed by atoms with Crippen molar-refractivity contribution < 1.29 is 22.8 Å². The van der Waals surface area contributed by atoms with Gasteiger partial charge in [-0.05, 0) is 12.1 Å². The van der Waals surface area contributed by atoms with Gasteiger partial charge < -0.3 is 5.53 Å². The Kier molecular flexibility index (Phi) is 3.01. The van der Waals surface area contributed by atoms with Crippen molar-refractivity contribution in [3.05, 3.63) is 40.9 Å². The van der Waals surface area contributed by atoms with Gasteiger partial charge in [0.05, 0.1) is 5.56 Å².